The van der Waals surface area contributed by atoms with E-state index < -0.39 is 0 Å². The van der Waals surface area contributed by atoms with Gasteiger partial charge in [-0.1, -0.05) is 19.9 Å². The monoisotopic (exact) mass is 169 g/mol. The smallest absolute Gasteiger partial charge is 0.0311 e. The average molecular weight is 169 g/mol. The zero-order valence-corrected chi connectivity index (χ0v) is 9.28. The van der Waals surface area contributed by atoms with Crippen LogP contribution < -0.4 is 0 Å². The molecule has 0 spiro atoms. The van der Waals surface area contributed by atoms with Crippen LogP contribution in [-0.2, 0) is 0 Å². The molecule has 0 aromatic carbocycles. The fourth-order valence-electron chi connectivity index (χ4n) is 1.02. The number of unbranched alkanes of at least 4 members (excludes halogenated alkanes) is 1. The Hall–Kier alpha value is -0.460. The van der Waals surface area contributed by atoms with Crippen molar-refractivity contribution in [2.45, 2.75) is 52.5 Å². The predicted molar refractivity (Wildman–Crippen MR) is 56.2 cm³/mol. The molecule has 0 saturated heterocycles. The number of rotatable bonds is 4. The fourth-order valence-corrected chi connectivity index (χ4v) is 1.02. The number of allylic oxidation sites excluding steroid dienone is 1. The summed E-state index contributed by atoms with van der Waals surface area (Å²) >= 11 is 0. The number of nitrogens with zero attached hydrogens (tertiary/aromatic N) is 1. The van der Waals surface area contributed by atoms with Crippen LogP contribution in [0.4, 0.5) is 0 Å². The molecule has 0 N–H and O–H groups in total. The van der Waals surface area contributed by atoms with Crippen LogP contribution in [0.15, 0.2) is 12.3 Å². The van der Waals surface area contributed by atoms with Crippen molar-refractivity contribution in [1.29, 1.82) is 0 Å². The second-order valence-corrected chi connectivity index (χ2v) is 4.40. The summed E-state index contributed by atoms with van der Waals surface area (Å²) in [6.07, 6.45) is 3.63. The molecule has 0 bridgehead atoms. The first kappa shape index (κ1) is 11.5. The van der Waals surface area contributed by atoms with Gasteiger partial charge in [0.05, 0.1) is 0 Å². The van der Waals surface area contributed by atoms with Crippen LogP contribution in [0.1, 0.15) is 47.0 Å². The van der Waals surface area contributed by atoms with Gasteiger partial charge in [0.25, 0.3) is 0 Å². The molecule has 0 radical (unpaired) electrons. The topological polar surface area (TPSA) is 3.24 Å². The molecule has 0 saturated carbocycles. The number of hydrogen-bond donors (Lipinski definition) is 0. The maximum atomic E-state index is 4.08. The molecule has 0 aliphatic carbocycles. The summed E-state index contributed by atoms with van der Waals surface area (Å²) in [6, 6.07) is 0. The van der Waals surface area contributed by atoms with E-state index in [2.05, 4.69) is 46.2 Å². The van der Waals surface area contributed by atoms with Crippen molar-refractivity contribution in [2.75, 3.05) is 7.05 Å². The van der Waals surface area contributed by atoms with Gasteiger partial charge in [0.1, 0.15) is 0 Å². The third kappa shape index (κ3) is 3.80. The molecular weight excluding hydrogens is 146 g/mol. The van der Waals surface area contributed by atoms with Crippen molar-refractivity contribution in [2.24, 2.45) is 0 Å². The summed E-state index contributed by atoms with van der Waals surface area (Å²) in [6.45, 7) is 12.9. The van der Waals surface area contributed by atoms with Gasteiger partial charge < -0.3 is 4.90 Å². The van der Waals surface area contributed by atoms with Gasteiger partial charge in [-0.15, -0.1) is 0 Å². The first-order chi connectivity index (χ1) is 5.39. The van der Waals surface area contributed by atoms with E-state index in [9.17, 15) is 0 Å². The van der Waals surface area contributed by atoms with Crippen molar-refractivity contribution < 1.29 is 0 Å². The van der Waals surface area contributed by atoms with Crippen molar-refractivity contribution in [3.05, 3.63) is 12.3 Å². The summed E-state index contributed by atoms with van der Waals surface area (Å²) in [5, 5.41) is 0. The Morgan fingerprint density at radius 2 is 1.83 bits per heavy atom. The van der Waals surface area contributed by atoms with Crippen LogP contribution in [0.25, 0.3) is 0 Å². The van der Waals surface area contributed by atoms with Crippen molar-refractivity contribution in [1.82, 2.24) is 4.90 Å². The molecule has 0 atom stereocenters. The third-order valence-corrected chi connectivity index (χ3v) is 2.30. The molecular formula is C11H23N. The summed E-state index contributed by atoms with van der Waals surface area (Å²) in [7, 11) is 2.12. The normalized spacial score (nSPS) is 11.4. The first-order valence-corrected chi connectivity index (χ1v) is 4.81. The Kier molecular flexibility index (Phi) is 4.36. The average Bonchev–Trinajstić information content (AvgIpc) is 1.97. The van der Waals surface area contributed by atoms with Crippen LogP contribution in [0, 0.1) is 0 Å². The molecule has 0 fully saturated rings. The van der Waals surface area contributed by atoms with Gasteiger partial charge in [-0.2, -0.15) is 0 Å². The fraction of sp³-hybridized carbons (Fsp3) is 0.818. The minimum absolute atomic E-state index is 0.213. The number of hydrogen-bond acceptors (Lipinski definition) is 1. The lowest BCUT2D eigenvalue weighted by Crippen LogP contribution is -2.36. The van der Waals surface area contributed by atoms with Gasteiger partial charge in [-0.25, -0.2) is 0 Å². The standard InChI is InChI=1S/C11H23N/c1-7-8-9-10(2)12(6)11(3,4)5/h2,7-9H2,1,3-6H3. The molecule has 0 aromatic rings. The Balaban J connectivity index is 3.94. The van der Waals surface area contributed by atoms with E-state index in [4.69, 9.17) is 0 Å². The Bertz CT molecular complexity index is 142. The maximum Gasteiger partial charge on any atom is 0.0311 e. The highest BCUT2D eigenvalue weighted by atomic mass is 15.2. The molecule has 0 aromatic heterocycles. The van der Waals surface area contributed by atoms with E-state index in [1.165, 1.54) is 18.5 Å². The van der Waals surface area contributed by atoms with Gasteiger partial charge in [-0.3, -0.25) is 0 Å². The van der Waals surface area contributed by atoms with Crippen molar-refractivity contribution in [3.63, 3.8) is 0 Å². The second kappa shape index (κ2) is 4.54. The molecule has 12 heavy (non-hydrogen) atoms. The van der Waals surface area contributed by atoms with Gasteiger partial charge in [-0.05, 0) is 33.6 Å². The molecule has 72 valence electrons. The lowest BCUT2D eigenvalue weighted by atomic mass is 10.0. The highest BCUT2D eigenvalue weighted by Crippen LogP contribution is 2.19. The minimum atomic E-state index is 0.213. The van der Waals surface area contributed by atoms with E-state index in [0.29, 0.717) is 0 Å². The lowest BCUT2D eigenvalue weighted by Gasteiger charge is -2.35. The van der Waals surface area contributed by atoms with Gasteiger partial charge in [0.15, 0.2) is 0 Å². The highest BCUT2D eigenvalue weighted by Gasteiger charge is 2.17. The van der Waals surface area contributed by atoms with Gasteiger partial charge in [0.2, 0.25) is 0 Å². The highest BCUT2D eigenvalue weighted by molar-refractivity contribution is 4.97. The molecule has 0 rings (SSSR count). The van der Waals surface area contributed by atoms with E-state index in [1.807, 2.05) is 0 Å². The van der Waals surface area contributed by atoms with Crippen molar-refractivity contribution >= 4 is 0 Å². The molecule has 0 aliphatic heterocycles. The Morgan fingerprint density at radius 3 is 2.17 bits per heavy atom. The maximum absolute atomic E-state index is 4.08. The van der Waals surface area contributed by atoms with Crippen LogP contribution in [0.5, 0.6) is 0 Å². The van der Waals surface area contributed by atoms with Gasteiger partial charge in [0, 0.05) is 18.3 Å². The summed E-state index contributed by atoms with van der Waals surface area (Å²) in [5.41, 5.74) is 1.47. The largest absolute Gasteiger partial charge is 0.374 e. The zero-order chi connectivity index (χ0) is 9.78. The SMILES string of the molecule is C=C(CCCC)N(C)C(C)(C)C. The van der Waals surface area contributed by atoms with Crippen LogP contribution in [0.3, 0.4) is 0 Å². The minimum Gasteiger partial charge on any atom is -0.374 e. The summed E-state index contributed by atoms with van der Waals surface area (Å²) < 4.78 is 0. The molecule has 0 aliphatic rings. The van der Waals surface area contributed by atoms with E-state index in [-0.39, 0.29) is 5.54 Å². The van der Waals surface area contributed by atoms with E-state index in [0.717, 1.165) is 6.42 Å². The Labute approximate surface area is 77.5 Å². The molecule has 1 nitrogen and oxygen atoms in total. The second-order valence-electron chi connectivity index (χ2n) is 4.40. The van der Waals surface area contributed by atoms with Gasteiger partial charge >= 0.3 is 0 Å². The summed E-state index contributed by atoms with van der Waals surface area (Å²) in [4.78, 5) is 2.27. The Morgan fingerprint density at radius 1 is 1.33 bits per heavy atom. The summed E-state index contributed by atoms with van der Waals surface area (Å²) in [5.74, 6) is 0. The lowest BCUT2D eigenvalue weighted by molar-refractivity contribution is 0.220. The van der Waals surface area contributed by atoms with Crippen LogP contribution in [-0.4, -0.2) is 17.5 Å². The van der Waals surface area contributed by atoms with E-state index in [1.54, 1.807) is 0 Å². The predicted octanol–water partition coefficient (Wildman–Crippen LogP) is 3.42. The van der Waals surface area contributed by atoms with Crippen molar-refractivity contribution in [3.8, 4) is 0 Å². The molecule has 0 amide bonds. The van der Waals surface area contributed by atoms with Crippen LogP contribution in [0.2, 0.25) is 0 Å². The molecule has 0 unspecified atom stereocenters. The third-order valence-electron chi connectivity index (χ3n) is 2.30. The zero-order valence-electron chi connectivity index (χ0n) is 9.28. The first-order valence-electron chi connectivity index (χ1n) is 4.81. The van der Waals surface area contributed by atoms with E-state index >= 15 is 0 Å². The molecule has 0 heterocycles. The quantitative estimate of drug-likeness (QED) is 0.623. The molecule has 1 heteroatoms. The van der Waals surface area contributed by atoms with Crippen LogP contribution >= 0.6 is 0 Å².